The number of carbonyl (C=O) groups excluding carboxylic acids is 8. The summed E-state index contributed by atoms with van der Waals surface area (Å²) in [4.78, 5) is 97.6. The summed E-state index contributed by atoms with van der Waals surface area (Å²) in [5, 5.41) is 5.15. The van der Waals surface area contributed by atoms with Crippen molar-refractivity contribution in [2.75, 3.05) is 43.8 Å². The van der Waals surface area contributed by atoms with Crippen LogP contribution in [-0.2, 0) is 28.7 Å². The zero-order valence-corrected chi connectivity index (χ0v) is 72.5. The van der Waals surface area contributed by atoms with E-state index in [2.05, 4.69) is 5.32 Å². The summed E-state index contributed by atoms with van der Waals surface area (Å²) in [6.45, 7) is 1.80. The summed E-state index contributed by atoms with van der Waals surface area (Å²) in [5.74, 6) is -5.10. The second-order valence-corrected chi connectivity index (χ2v) is 38.8. The summed E-state index contributed by atoms with van der Waals surface area (Å²) < 4.78 is 140. The van der Waals surface area contributed by atoms with Gasteiger partial charge in [0.05, 0.1) is 24.8 Å². The molecule has 12 rings (SSSR count). The zero-order chi connectivity index (χ0) is 86.0. The number of primary amides is 1. The Balaban J connectivity index is 0.000000182. The second-order valence-electron chi connectivity index (χ2n) is 27.7. The van der Waals surface area contributed by atoms with Gasteiger partial charge in [-0.1, -0.05) is 136 Å². The highest BCUT2D eigenvalue weighted by atomic mass is 33.1. The van der Waals surface area contributed by atoms with Gasteiger partial charge in [-0.05, 0) is 203 Å². The summed E-state index contributed by atoms with van der Waals surface area (Å²) in [7, 11) is 17.9. The van der Waals surface area contributed by atoms with Crippen LogP contribution in [0.2, 0.25) is 0 Å². The Labute approximate surface area is 723 Å². The third-order valence-electron chi connectivity index (χ3n) is 19.0. The minimum absolute atomic E-state index is 0.00598. The third-order valence-corrected chi connectivity index (χ3v) is 31.0. The van der Waals surface area contributed by atoms with E-state index in [0.29, 0.717) is 62.5 Å². The molecule has 4 saturated heterocycles. The van der Waals surface area contributed by atoms with Crippen molar-refractivity contribution in [1.29, 1.82) is 0 Å². The predicted molar refractivity (Wildman–Crippen MR) is 467 cm³/mol. The number of halogens is 8. The summed E-state index contributed by atoms with van der Waals surface area (Å²) in [6.07, 6.45) is 16.9. The molecule has 0 aromatic heterocycles. The highest BCUT2D eigenvalue weighted by molar-refractivity contribution is 8.78. The molecule has 4 aliphatic rings. The van der Waals surface area contributed by atoms with Crippen LogP contribution < -0.4 is 30.0 Å². The van der Waals surface area contributed by atoms with Gasteiger partial charge in [0.15, 0.2) is 0 Å². The zero-order valence-electron chi connectivity index (χ0n) is 65.9. The van der Waals surface area contributed by atoms with Gasteiger partial charge in [0, 0.05) is 123 Å². The Morgan fingerprint density at radius 2 is 0.642 bits per heavy atom. The highest BCUT2D eigenvalue weighted by Gasteiger charge is 2.26. The van der Waals surface area contributed by atoms with E-state index in [4.69, 9.17) is 34.2 Å². The Morgan fingerprint density at radius 3 is 0.900 bits per heavy atom. The van der Waals surface area contributed by atoms with Crippen molar-refractivity contribution >= 4 is 134 Å². The molecule has 0 radical (unpaired) electrons. The maximum absolute atomic E-state index is 14.2. The first-order chi connectivity index (χ1) is 57.9. The number of esters is 6. The van der Waals surface area contributed by atoms with Gasteiger partial charge in [0.25, 0.3) is 11.8 Å². The second kappa shape index (κ2) is 49.8. The van der Waals surface area contributed by atoms with Gasteiger partial charge in [0.1, 0.15) is 80.7 Å². The SMILES string of the molecule is CCOC(=O)c1cc(-c2ccc(F)cc2F)ccc1OC(=O)CCCC[C@@H]1CCSS1.CNC(=O)c1cc(-c2ccc(F)cc2F)ccc1OC(=O)CCCC[C@@H]1CCSS1.COC(=O)c1cc(-c2ccc(F)cc2F)ccc1OC(=O)CCCC[C@@H]1CCSS1.NC(=O)c1cc(-c2ccc(F)cc2F)ccc1OC(=O)CCCC[C@@H]1CCSS1. The number of unbranched alkanes of at least 4 members (excludes halogenated alkanes) is 4. The first-order valence-electron chi connectivity index (χ1n) is 39.0. The Bertz CT molecular complexity index is 4710. The van der Waals surface area contributed by atoms with Crippen LogP contribution in [0.3, 0.4) is 0 Å². The molecule has 4 aliphatic heterocycles. The largest absolute Gasteiger partial charge is 0.465 e. The lowest BCUT2D eigenvalue weighted by Crippen LogP contribution is -2.20. The first-order valence-corrected chi connectivity index (χ1v) is 48.5. The summed E-state index contributed by atoms with van der Waals surface area (Å²) in [5.41, 5.74) is 7.48. The van der Waals surface area contributed by atoms with Gasteiger partial charge in [0.2, 0.25) is 0 Å². The van der Waals surface area contributed by atoms with Crippen LogP contribution in [0.15, 0.2) is 146 Å². The molecule has 8 aromatic carbocycles. The van der Waals surface area contributed by atoms with Crippen LogP contribution in [0.5, 0.6) is 23.0 Å². The van der Waals surface area contributed by atoms with Crippen molar-refractivity contribution < 1.29 is 102 Å². The van der Waals surface area contributed by atoms with Crippen LogP contribution in [0, 0.1) is 46.5 Å². The third kappa shape index (κ3) is 30.4. The smallest absolute Gasteiger partial charge is 0.341 e. The maximum Gasteiger partial charge on any atom is 0.341 e. The number of nitrogens with two attached hydrogens (primary N) is 1. The van der Waals surface area contributed by atoms with Gasteiger partial charge in [-0.25, -0.2) is 44.7 Å². The van der Waals surface area contributed by atoms with Crippen LogP contribution in [0.25, 0.3) is 44.5 Å². The van der Waals surface area contributed by atoms with Crippen molar-refractivity contribution in [2.24, 2.45) is 5.73 Å². The number of hydrogen-bond acceptors (Lipinski definition) is 22. The maximum atomic E-state index is 14.2. The molecule has 3 N–H and O–H groups in total. The number of ether oxygens (including phenoxy) is 6. The quantitative estimate of drug-likeness (QED) is 0.0128. The topological polar surface area (TPSA) is 230 Å². The Morgan fingerprint density at radius 1 is 0.367 bits per heavy atom. The molecule has 32 heteroatoms. The molecule has 16 nitrogen and oxygen atoms in total. The number of amides is 2. The molecule has 0 unspecified atom stereocenters. The number of nitrogens with one attached hydrogen (secondary N) is 1. The average Bonchev–Trinajstić information content (AvgIpc) is 0.865. The van der Waals surface area contributed by atoms with Gasteiger partial charge in [-0.15, -0.1) is 0 Å². The van der Waals surface area contributed by atoms with Crippen LogP contribution in [0.4, 0.5) is 35.1 Å². The van der Waals surface area contributed by atoms with Crippen molar-refractivity contribution in [1.82, 2.24) is 5.32 Å². The molecular weight excluding hydrogens is 1720 g/mol. The molecule has 4 atom stereocenters. The molecule has 0 spiro atoms. The molecule has 0 bridgehead atoms. The molecule has 120 heavy (non-hydrogen) atoms. The van der Waals surface area contributed by atoms with Gasteiger partial charge >= 0.3 is 35.8 Å². The predicted octanol–water partition coefficient (Wildman–Crippen LogP) is 23.4. The monoisotopic (exact) mass is 1810 g/mol. The highest BCUT2D eigenvalue weighted by Crippen LogP contribution is 2.44. The minimum Gasteiger partial charge on any atom is -0.465 e. The number of carbonyl (C=O) groups is 8. The van der Waals surface area contributed by atoms with E-state index in [1.54, 1.807) is 13.0 Å². The molecule has 640 valence electrons. The average molecular weight is 1810 g/mol. The number of benzene rings is 8. The van der Waals surface area contributed by atoms with E-state index < -0.39 is 94.2 Å². The fourth-order valence-corrected chi connectivity index (χ4v) is 24.8. The van der Waals surface area contributed by atoms with Crippen LogP contribution in [0.1, 0.15) is 177 Å². The summed E-state index contributed by atoms with van der Waals surface area (Å²) >= 11 is 0. The van der Waals surface area contributed by atoms with E-state index in [1.165, 1.54) is 154 Å². The summed E-state index contributed by atoms with van der Waals surface area (Å²) in [6, 6.07) is 30.2. The number of rotatable bonds is 33. The molecule has 0 saturated carbocycles. The van der Waals surface area contributed by atoms with E-state index in [1.807, 2.05) is 86.4 Å². The van der Waals surface area contributed by atoms with Crippen LogP contribution >= 0.6 is 86.4 Å². The van der Waals surface area contributed by atoms with Gasteiger partial charge in [-0.2, -0.15) is 0 Å². The van der Waals surface area contributed by atoms with Crippen molar-refractivity contribution in [2.45, 2.75) is 156 Å². The van der Waals surface area contributed by atoms with E-state index in [0.717, 1.165) is 106 Å². The Hall–Kier alpha value is -8.24. The lowest BCUT2D eigenvalue weighted by Gasteiger charge is -2.12. The lowest BCUT2D eigenvalue weighted by molar-refractivity contribution is -0.135. The van der Waals surface area contributed by atoms with Gasteiger partial charge < -0.3 is 39.5 Å². The van der Waals surface area contributed by atoms with Gasteiger partial charge in [-0.3, -0.25) is 28.8 Å². The molecule has 0 aliphatic carbocycles. The van der Waals surface area contributed by atoms with E-state index in [-0.39, 0.29) is 99.8 Å². The molecule has 2 amide bonds. The van der Waals surface area contributed by atoms with Crippen molar-refractivity contribution in [3.05, 3.63) is 214 Å². The fraction of sp³-hybridized carbons (Fsp3) is 0.364. The molecular formula is C88H90F8N2O14S8. The molecule has 4 fully saturated rings. The van der Waals surface area contributed by atoms with E-state index >= 15 is 0 Å². The van der Waals surface area contributed by atoms with Crippen molar-refractivity contribution in [3.8, 4) is 67.5 Å². The Kier molecular flexibility index (Phi) is 39.6. The number of hydrogen-bond donors (Lipinski definition) is 2. The standard InChI is InChI=1S/C23H24F2O4S2.C22H23F2NO3S2.C22H22F2O4S2.C21H21F2NO3S2/c1-2-28-23(27)19-13-15(18-9-8-16(24)14-20(18)25)7-10-21(19)29-22(26)6-4-3-5-17-11-12-30-31-17;1-25-22(27)18-12-14(17-8-7-15(23)13-19(17)24)6-9-20(18)28-21(26)5-3-2-4-16-10-11-29-30-16;1-27-22(26)18-12-14(17-8-7-15(23)13-19(17)24)6-9-20(18)28-21(25)5-3-2-4-16-10-11-29-30-16;22-14-6-7-16(18(23)12-14)13-5-8-19(17(11-13)21(24)26)27-20(25)4-2-1-3-15-9-10-28-29-15/h7-10,13-14,17H,2-6,11-12H2,1H3;6-9,12-13,16H,2-5,10-11H2,1H3,(H,25,27);6-9,12-13,16H,2-5,10-11H2,1H3;5-8,11-12,15H,1-4,9-10H2,(H2,24,26)/t17-;2*16-;15-/m1111/s1. The van der Waals surface area contributed by atoms with E-state index in [9.17, 15) is 73.5 Å². The van der Waals surface area contributed by atoms with Crippen molar-refractivity contribution in [3.63, 3.8) is 0 Å². The first kappa shape index (κ1) is 95.6. The molecule has 4 heterocycles. The fourth-order valence-electron chi connectivity index (χ4n) is 12.7. The lowest BCUT2D eigenvalue weighted by atomic mass is 10.0. The number of methoxy groups -OCH3 is 1. The minimum atomic E-state index is -0.798. The van der Waals surface area contributed by atoms with Crippen LogP contribution in [-0.4, -0.2) is 112 Å². The normalized spacial score (nSPS) is 15.8. The molecule has 8 aromatic rings.